The lowest BCUT2D eigenvalue weighted by molar-refractivity contribution is 0.0187. The van der Waals surface area contributed by atoms with Gasteiger partial charge in [0.05, 0.1) is 5.39 Å². The van der Waals surface area contributed by atoms with Gasteiger partial charge in [0.25, 0.3) is 5.56 Å². The number of aromatic amines is 1. The Kier molecular flexibility index (Phi) is 3.57. The van der Waals surface area contributed by atoms with E-state index in [4.69, 9.17) is 9.47 Å². The molecule has 2 rings (SSSR count). The fourth-order valence-electron chi connectivity index (χ4n) is 1.61. The molecule has 0 radical (unpaired) electrons. The first kappa shape index (κ1) is 15.4. The molecule has 0 unspecified atom stereocenters. The summed E-state index contributed by atoms with van der Waals surface area (Å²) in [5, 5.41) is 28.3. The second-order valence-electron chi connectivity index (χ2n) is 5.43. The van der Waals surface area contributed by atoms with Gasteiger partial charge in [-0.05, 0) is 26.8 Å². The number of carbonyl (C=O) groups is 1. The number of aromatic hydroxyl groups is 3. The molecule has 0 saturated heterocycles. The molecule has 0 bridgehead atoms. The SMILES string of the molecule is CC(C)(C)OC(=O)Oc1nc2c(O)c(O)c(O)cc2c(=O)[nH]1. The molecule has 0 aliphatic carbocycles. The van der Waals surface area contributed by atoms with E-state index in [0.717, 1.165) is 6.07 Å². The highest BCUT2D eigenvalue weighted by atomic mass is 16.7. The molecule has 0 saturated carbocycles. The highest BCUT2D eigenvalue weighted by molar-refractivity contribution is 5.88. The molecule has 4 N–H and O–H groups in total. The molecule has 0 aliphatic rings. The first-order chi connectivity index (χ1) is 10.1. The Morgan fingerprint density at radius 1 is 1.23 bits per heavy atom. The zero-order valence-corrected chi connectivity index (χ0v) is 12.0. The summed E-state index contributed by atoms with van der Waals surface area (Å²) in [5.74, 6) is -2.33. The molecule has 1 heterocycles. The van der Waals surface area contributed by atoms with E-state index in [0.29, 0.717) is 0 Å². The summed E-state index contributed by atoms with van der Waals surface area (Å²) in [6.07, 6.45) is -1.10. The minimum Gasteiger partial charge on any atom is -0.504 e. The molecule has 9 heteroatoms. The topological polar surface area (TPSA) is 142 Å². The first-order valence-corrected chi connectivity index (χ1v) is 6.17. The van der Waals surface area contributed by atoms with Crippen molar-refractivity contribution < 1.29 is 29.6 Å². The van der Waals surface area contributed by atoms with Crippen LogP contribution < -0.4 is 10.3 Å². The molecular weight excluding hydrogens is 296 g/mol. The maximum atomic E-state index is 11.9. The molecule has 0 amide bonds. The molecular formula is C13H14N2O7. The van der Waals surface area contributed by atoms with Crippen LogP contribution in [0, 0.1) is 0 Å². The van der Waals surface area contributed by atoms with Crippen molar-refractivity contribution in [3.63, 3.8) is 0 Å². The van der Waals surface area contributed by atoms with Crippen LogP contribution in [0.3, 0.4) is 0 Å². The van der Waals surface area contributed by atoms with E-state index in [2.05, 4.69) is 9.97 Å². The monoisotopic (exact) mass is 310 g/mol. The van der Waals surface area contributed by atoms with Crippen LogP contribution in [0.15, 0.2) is 10.9 Å². The number of phenolic OH excluding ortho intramolecular Hbond substituents is 3. The Labute approximate surface area is 123 Å². The van der Waals surface area contributed by atoms with Crippen molar-refractivity contribution in [2.24, 2.45) is 0 Å². The van der Waals surface area contributed by atoms with Crippen molar-refractivity contribution in [1.29, 1.82) is 0 Å². The van der Waals surface area contributed by atoms with Gasteiger partial charge in [0, 0.05) is 0 Å². The summed E-state index contributed by atoms with van der Waals surface area (Å²) < 4.78 is 9.61. The third-order valence-electron chi connectivity index (χ3n) is 2.48. The van der Waals surface area contributed by atoms with Gasteiger partial charge in [0.2, 0.25) is 5.75 Å². The standard InChI is InChI=1S/C13H14N2O7/c1-13(2,3)22-12(20)21-11-14-7-5(10(19)15-11)4-6(16)8(17)9(7)18/h4,16-18H,1-3H3,(H,14,15,19). The summed E-state index contributed by atoms with van der Waals surface area (Å²) in [6.45, 7) is 4.87. The fraction of sp³-hybridized carbons (Fsp3) is 0.308. The highest BCUT2D eigenvalue weighted by Crippen LogP contribution is 2.39. The summed E-state index contributed by atoms with van der Waals surface area (Å²) in [5.41, 5.74) is -1.92. The zero-order valence-electron chi connectivity index (χ0n) is 12.0. The van der Waals surface area contributed by atoms with Gasteiger partial charge in [0.15, 0.2) is 11.5 Å². The molecule has 1 aromatic carbocycles. The van der Waals surface area contributed by atoms with Gasteiger partial charge in [-0.25, -0.2) is 4.79 Å². The molecule has 2 aromatic rings. The molecule has 22 heavy (non-hydrogen) atoms. The third-order valence-corrected chi connectivity index (χ3v) is 2.48. The third kappa shape index (κ3) is 3.03. The minimum absolute atomic E-state index is 0.190. The van der Waals surface area contributed by atoms with Crippen LogP contribution in [-0.4, -0.2) is 37.0 Å². The maximum absolute atomic E-state index is 11.9. The van der Waals surface area contributed by atoms with Crippen molar-refractivity contribution in [1.82, 2.24) is 9.97 Å². The van der Waals surface area contributed by atoms with Crippen LogP contribution in [0.4, 0.5) is 4.79 Å². The molecule has 0 spiro atoms. The number of fused-ring (bicyclic) bond motifs is 1. The Balaban J connectivity index is 2.46. The number of nitrogens with zero attached hydrogens (tertiary/aromatic N) is 1. The van der Waals surface area contributed by atoms with Gasteiger partial charge >= 0.3 is 12.2 Å². The van der Waals surface area contributed by atoms with E-state index < -0.39 is 40.6 Å². The van der Waals surface area contributed by atoms with Crippen molar-refractivity contribution in [3.05, 3.63) is 16.4 Å². The molecule has 0 atom stereocenters. The molecule has 9 nitrogen and oxygen atoms in total. The fourth-order valence-corrected chi connectivity index (χ4v) is 1.61. The van der Waals surface area contributed by atoms with Gasteiger partial charge in [-0.3, -0.25) is 9.78 Å². The van der Waals surface area contributed by atoms with Crippen molar-refractivity contribution >= 4 is 17.1 Å². The van der Waals surface area contributed by atoms with Crippen LogP contribution in [0.5, 0.6) is 23.3 Å². The predicted octanol–water partition coefficient (Wildman–Crippen LogP) is 1.35. The number of H-pyrrole nitrogens is 1. The van der Waals surface area contributed by atoms with Crippen LogP contribution in [0.1, 0.15) is 20.8 Å². The van der Waals surface area contributed by atoms with Crippen LogP contribution >= 0.6 is 0 Å². The second kappa shape index (κ2) is 5.10. The van der Waals surface area contributed by atoms with E-state index >= 15 is 0 Å². The summed E-state index contributed by atoms with van der Waals surface area (Å²) >= 11 is 0. The summed E-state index contributed by atoms with van der Waals surface area (Å²) in [7, 11) is 0. The van der Waals surface area contributed by atoms with Crippen LogP contribution in [-0.2, 0) is 4.74 Å². The van der Waals surface area contributed by atoms with E-state index in [1.165, 1.54) is 0 Å². The lowest BCUT2D eigenvalue weighted by Gasteiger charge is -2.18. The molecule has 0 fully saturated rings. The van der Waals surface area contributed by atoms with Gasteiger partial charge < -0.3 is 24.8 Å². The molecule has 1 aromatic heterocycles. The number of rotatable bonds is 1. The van der Waals surface area contributed by atoms with E-state index in [1.54, 1.807) is 20.8 Å². The highest BCUT2D eigenvalue weighted by Gasteiger charge is 2.21. The van der Waals surface area contributed by atoms with Crippen molar-refractivity contribution in [3.8, 4) is 23.3 Å². The lowest BCUT2D eigenvalue weighted by Crippen LogP contribution is -2.27. The number of ether oxygens (including phenoxy) is 2. The van der Waals surface area contributed by atoms with E-state index in [1.807, 2.05) is 0 Å². The quantitative estimate of drug-likeness (QED) is 0.457. The lowest BCUT2D eigenvalue weighted by atomic mass is 10.2. The smallest absolute Gasteiger partial charge is 0.504 e. The average Bonchev–Trinajstić information content (AvgIpc) is 2.35. The second-order valence-corrected chi connectivity index (χ2v) is 5.43. The van der Waals surface area contributed by atoms with Gasteiger partial charge in [0.1, 0.15) is 11.1 Å². The number of aromatic nitrogens is 2. The maximum Gasteiger partial charge on any atom is 0.516 e. The number of benzene rings is 1. The van der Waals surface area contributed by atoms with Crippen molar-refractivity contribution in [2.75, 3.05) is 0 Å². The van der Waals surface area contributed by atoms with Crippen LogP contribution in [0.25, 0.3) is 10.9 Å². The Morgan fingerprint density at radius 3 is 2.45 bits per heavy atom. The van der Waals surface area contributed by atoms with E-state index in [9.17, 15) is 24.9 Å². The number of phenols is 3. The predicted molar refractivity (Wildman–Crippen MR) is 74.2 cm³/mol. The number of hydrogen-bond acceptors (Lipinski definition) is 8. The largest absolute Gasteiger partial charge is 0.516 e. The Bertz CT molecular complexity index is 805. The zero-order chi connectivity index (χ0) is 16.7. The molecule has 118 valence electrons. The molecule has 0 aliphatic heterocycles. The normalized spacial score (nSPS) is 11.4. The minimum atomic E-state index is -1.10. The summed E-state index contributed by atoms with van der Waals surface area (Å²) in [4.78, 5) is 29.2. The number of carbonyl (C=O) groups excluding carboxylic acids is 1. The van der Waals surface area contributed by atoms with Crippen molar-refractivity contribution in [2.45, 2.75) is 26.4 Å². The summed E-state index contributed by atoms with van der Waals surface area (Å²) in [6, 6.07) is 0.403. The average molecular weight is 310 g/mol. The van der Waals surface area contributed by atoms with Gasteiger partial charge in [-0.2, -0.15) is 4.98 Å². The number of hydrogen-bond donors (Lipinski definition) is 4. The van der Waals surface area contributed by atoms with E-state index in [-0.39, 0.29) is 10.9 Å². The first-order valence-electron chi connectivity index (χ1n) is 6.17. The van der Waals surface area contributed by atoms with Gasteiger partial charge in [-0.1, -0.05) is 0 Å². The Hall–Kier alpha value is -2.97. The van der Waals surface area contributed by atoms with Gasteiger partial charge in [-0.15, -0.1) is 0 Å². The number of nitrogens with one attached hydrogen (secondary N) is 1. The Morgan fingerprint density at radius 2 is 1.86 bits per heavy atom. The van der Waals surface area contributed by atoms with Crippen LogP contribution in [0.2, 0.25) is 0 Å².